The standard InChI is InChI=1S/C69H46N2O4S2/c1-5-13-53(14-6-1)72-57-31-21-47(22-32-57)70(48-23-33-58(34-24-48)73-54-15-7-2-8-16-54)51-29-39-61-62-40-30-52(46-66(62)69(65(61)45-51)63-41-43-76-67(63)68-64(69)42-44-77-68)71(49-25-35-59(36-26-49)74-55-17-9-3-10-18-55)50-27-37-60(38-28-50)75-56-19-11-4-12-20-56/h1-46H. The number of benzene rings is 10. The van der Waals surface area contributed by atoms with Crippen LogP contribution in [0, 0.1) is 0 Å². The SMILES string of the molecule is c1ccc(Oc2ccc(N(c3ccc(Oc4ccccc4)cc3)c3ccc4c(c3)C3(c5cc(N(c6ccc(Oc7ccccc7)cc6)c6ccc(Oc7ccccc7)cc6)ccc5-4)c4ccsc4-c4sccc43)cc2)cc1. The van der Waals surface area contributed by atoms with Crippen LogP contribution in [-0.2, 0) is 5.41 Å². The zero-order valence-corrected chi connectivity index (χ0v) is 43.0. The van der Waals surface area contributed by atoms with Gasteiger partial charge in [0.2, 0.25) is 0 Å². The van der Waals surface area contributed by atoms with Crippen LogP contribution in [0.15, 0.2) is 278 Å². The molecule has 0 radical (unpaired) electrons. The summed E-state index contributed by atoms with van der Waals surface area (Å²) in [6.45, 7) is 0. The predicted molar refractivity (Wildman–Crippen MR) is 314 cm³/mol. The van der Waals surface area contributed by atoms with Crippen LogP contribution in [0.4, 0.5) is 34.1 Å². The van der Waals surface area contributed by atoms with Gasteiger partial charge in [0.1, 0.15) is 46.0 Å². The van der Waals surface area contributed by atoms with Gasteiger partial charge >= 0.3 is 0 Å². The van der Waals surface area contributed by atoms with Crippen molar-refractivity contribution in [2.75, 3.05) is 9.80 Å². The molecule has 2 aromatic heterocycles. The summed E-state index contributed by atoms with van der Waals surface area (Å²) in [5, 5.41) is 4.52. The first-order valence-electron chi connectivity index (χ1n) is 25.5. The summed E-state index contributed by atoms with van der Waals surface area (Å²) < 4.78 is 25.2. The van der Waals surface area contributed by atoms with E-state index >= 15 is 0 Å². The lowest BCUT2D eigenvalue weighted by atomic mass is 9.71. The minimum atomic E-state index is -0.597. The second kappa shape index (κ2) is 19.6. The molecule has 0 atom stereocenters. The van der Waals surface area contributed by atoms with Crippen LogP contribution in [0.5, 0.6) is 46.0 Å². The maximum Gasteiger partial charge on any atom is 0.127 e. The van der Waals surface area contributed by atoms with Gasteiger partial charge in [0, 0.05) is 43.9 Å². The topological polar surface area (TPSA) is 43.4 Å². The van der Waals surface area contributed by atoms with E-state index in [9.17, 15) is 0 Å². The average Bonchev–Trinajstić information content (AvgIpc) is 4.43. The molecule has 2 aliphatic carbocycles. The number of fused-ring (bicyclic) bond motifs is 10. The minimum Gasteiger partial charge on any atom is -0.457 e. The van der Waals surface area contributed by atoms with Crippen molar-refractivity contribution in [3.63, 3.8) is 0 Å². The van der Waals surface area contributed by atoms with Gasteiger partial charge < -0.3 is 28.7 Å². The third kappa shape index (κ3) is 8.46. The van der Waals surface area contributed by atoms with Gasteiger partial charge in [-0.3, -0.25) is 0 Å². The third-order valence-corrected chi connectivity index (χ3v) is 16.3. The summed E-state index contributed by atoms with van der Waals surface area (Å²) in [5.41, 5.74) is 13.0. The van der Waals surface area contributed by atoms with Crippen molar-refractivity contribution in [2.24, 2.45) is 0 Å². The Kier molecular flexibility index (Phi) is 11.7. The van der Waals surface area contributed by atoms with Crippen molar-refractivity contribution in [1.29, 1.82) is 0 Å². The van der Waals surface area contributed by atoms with Crippen molar-refractivity contribution >= 4 is 56.8 Å². The Bertz CT molecular complexity index is 3580. The molecule has 0 aliphatic heterocycles. The summed E-state index contributed by atoms with van der Waals surface area (Å²) in [6.07, 6.45) is 0. The quantitative estimate of drug-likeness (QED) is 0.108. The lowest BCUT2D eigenvalue weighted by Crippen LogP contribution is -2.26. The molecule has 2 aliphatic rings. The lowest BCUT2D eigenvalue weighted by molar-refractivity contribution is 0.482. The number of hydrogen-bond donors (Lipinski definition) is 0. The van der Waals surface area contributed by atoms with Crippen LogP contribution in [0.3, 0.4) is 0 Å². The molecule has 368 valence electrons. The highest BCUT2D eigenvalue weighted by Gasteiger charge is 2.53. The Labute approximate surface area is 455 Å². The van der Waals surface area contributed by atoms with Gasteiger partial charge in [0.05, 0.1) is 5.41 Å². The van der Waals surface area contributed by atoms with E-state index in [4.69, 9.17) is 18.9 Å². The largest absolute Gasteiger partial charge is 0.457 e. The van der Waals surface area contributed by atoms with E-state index in [1.807, 2.05) is 193 Å². The molecular weight excluding hydrogens is 985 g/mol. The summed E-state index contributed by atoms with van der Waals surface area (Å²) in [4.78, 5) is 7.31. The fourth-order valence-electron chi connectivity index (χ4n) is 10.9. The zero-order chi connectivity index (χ0) is 51.1. The average molecular weight is 1030 g/mol. The lowest BCUT2D eigenvalue weighted by Gasteiger charge is -2.32. The third-order valence-electron chi connectivity index (χ3n) is 14.3. The molecule has 0 saturated carbocycles. The summed E-state index contributed by atoms with van der Waals surface area (Å²) in [7, 11) is 0. The first-order chi connectivity index (χ1) is 38.1. The molecule has 0 fully saturated rings. The maximum absolute atomic E-state index is 6.30. The molecule has 2 heterocycles. The number of ether oxygens (including phenoxy) is 4. The van der Waals surface area contributed by atoms with Crippen LogP contribution in [0.25, 0.3) is 20.9 Å². The fourth-order valence-corrected chi connectivity index (χ4v) is 13.0. The van der Waals surface area contributed by atoms with Crippen molar-refractivity contribution in [3.05, 3.63) is 300 Å². The van der Waals surface area contributed by atoms with E-state index in [1.165, 1.54) is 43.1 Å². The van der Waals surface area contributed by atoms with Crippen LogP contribution in [0.2, 0.25) is 0 Å². The monoisotopic (exact) mass is 1030 g/mol. The minimum absolute atomic E-state index is 0.597. The van der Waals surface area contributed by atoms with E-state index in [-0.39, 0.29) is 0 Å². The van der Waals surface area contributed by atoms with E-state index in [0.717, 1.165) is 80.1 Å². The molecule has 77 heavy (non-hydrogen) atoms. The van der Waals surface area contributed by atoms with Gasteiger partial charge in [-0.2, -0.15) is 0 Å². The van der Waals surface area contributed by atoms with Gasteiger partial charge in [-0.1, -0.05) is 84.9 Å². The number of para-hydroxylation sites is 4. The van der Waals surface area contributed by atoms with E-state index in [0.29, 0.717) is 0 Å². The molecule has 14 rings (SSSR count). The molecular formula is C69H46N2O4S2. The zero-order valence-electron chi connectivity index (χ0n) is 41.4. The highest BCUT2D eigenvalue weighted by atomic mass is 32.1. The van der Waals surface area contributed by atoms with Crippen LogP contribution in [-0.4, -0.2) is 0 Å². The van der Waals surface area contributed by atoms with Crippen LogP contribution >= 0.6 is 22.7 Å². The van der Waals surface area contributed by atoms with Crippen molar-refractivity contribution in [3.8, 4) is 66.9 Å². The van der Waals surface area contributed by atoms with E-state index in [2.05, 4.69) is 118 Å². The molecule has 0 N–H and O–H groups in total. The number of rotatable bonds is 14. The van der Waals surface area contributed by atoms with Gasteiger partial charge in [-0.05, 0) is 226 Å². The highest BCUT2D eigenvalue weighted by molar-refractivity contribution is 7.21. The second-order valence-corrected chi connectivity index (χ2v) is 20.7. The first kappa shape index (κ1) is 46.0. The number of thiophene rings is 2. The fraction of sp³-hybridized carbons (Fsp3) is 0.0145. The second-order valence-electron chi connectivity index (χ2n) is 18.8. The van der Waals surface area contributed by atoms with Crippen molar-refractivity contribution < 1.29 is 18.9 Å². The number of hydrogen-bond acceptors (Lipinski definition) is 8. The normalized spacial score (nSPS) is 12.3. The van der Waals surface area contributed by atoms with Crippen molar-refractivity contribution in [2.45, 2.75) is 5.41 Å². The van der Waals surface area contributed by atoms with Gasteiger partial charge in [-0.25, -0.2) is 0 Å². The van der Waals surface area contributed by atoms with Crippen LogP contribution in [0.1, 0.15) is 22.3 Å². The summed E-state index contributed by atoms with van der Waals surface area (Å²) in [5.74, 6) is 6.18. The van der Waals surface area contributed by atoms with Gasteiger partial charge in [0.25, 0.3) is 0 Å². The predicted octanol–water partition coefficient (Wildman–Crippen LogP) is 20.3. The molecule has 0 bridgehead atoms. The number of nitrogens with zero attached hydrogens (tertiary/aromatic N) is 2. The molecule has 0 amide bonds. The Hall–Kier alpha value is -9.60. The highest BCUT2D eigenvalue weighted by Crippen LogP contribution is 2.66. The maximum atomic E-state index is 6.30. The molecule has 0 saturated heterocycles. The Morgan fingerprint density at radius 1 is 0.247 bits per heavy atom. The Morgan fingerprint density at radius 3 is 0.792 bits per heavy atom. The smallest absolute Gasteiger partial charge is 0.127 e. The summed E-state index contributed by atoms with van der Waals surface area (Å²) >= 11 is 3.65. The van der Waals surface area contributed by atoms with E-state index in [1.54, 1.807) is 0 Å². The van der Waals surface area contributed by atoms with E-state index < -0.39 is 5.41 Å². The van der Waals surface area contributed by atoms with Crippen molar-refractivity contribution in [1.82, 2.24) is 0 Å². The molecule has 8 heteroatoms. The van der Waals surface area contributed by atoms with Crippen LogP contribution < -0.4 is 28.7 Å². The molecule has 10 aromatic carbocycles. The molecule has 6 nitrogen and oxygen atoms in total. The molecule has 12 aromatic rings. The van der Waals surface area contributed by atoms with Gasteiger partial charge in [-0.15, -0.1) is 22.7 Å². The molecule has 1 spiro atoms. The Balaban J connectivity index is 0.900. The van der Waals surface area contributed by atoms with Gasteiger partial charge in [0.15, 0.2) is 0 Å². The first-order valence-corrected chi connectivity index (χ1v) is 27.3. The molecule has 0 unspecified atom stereocenters. The Morgan fingerprint density at radius 2 is 0.506 bits per heavy atom. The summed E-state index contributed by atoms with van der Waals surface area (Å²) in [6, 6.07) is 91.8. The number of anilines is 6.